The van der Waals surface area contributed by atoms with Gasteiger partial charge in [-0.25, -0.2) is 0 Å². The van der Waals surface area contributed by atoms with E-state index in [0.717, 1.165) is 19.3 Å². The molecular weight excluding hydrogens is 308 g/mol. The number of carboxylic acid groups (broad SMARTS) is 1. The maximum Gasteiger partial charge on any atom is 0.303 e. The van der Waals surface area contributed by atoms with Gasteiger partial charge in [-0.3, -0.25) is 4.79 Å². The number of ether oxygens (including phenoxy) is 1. The summed E-state index contributed by atoms with van der Waals surface area (Å²) in [6.45, 7) is 3.28. The van der Waals surface area contributed by atoms with Crippen molar-refractivity contribution < 1.29 is 24.5 Å². The summed E-state index contributed by atoms with van der Waals surface area (Å²) in [5, 5.41) is 20.4. The highest BCUT2D eigenvalue weighted by atomic mass is 16.6. The second-order valence-electron chi connectivity index (χ2n) is 6.63. The first-order valence-electron chi connectivity index (χ1n) is 9.50. The first kappa shape index (κ1) is 22.9. The highest BCUT2D eigenvalue weighted by molar-refractivity contribution is 5.79. The van der Waals surface area contributed by atoms with Crippen LogP contribution in [0.2, 0.25) is 0 Å². The number of rotatable bonds is 16. The molecule has 0 spiro atoms. The lowest BCUT2D eigenvalue weighted by Crippen LogP contribution is -2.51. The minimum absolute atomic E-state index is 0.100. The summed E-state index contributed by atoms with van der Waals surface area (Å²) in [5.74, 6) is -1.98. The Kier molecular flexibility index (Phi) is 13.6. The van der Waals surface area contributed by atoms with E-state index in [2.05, 4.69) is 6.92 Å². The smallest absolute Gasteiger partial charge is 0.303 e. The molecule has 0 aromatic carbocycles. The molecule has 5 nitrogen and oxygen atoms in total. The average molecular weight is 343 g/mol. The fourth-order valence-electron chi connectivity index (χ4n) is 3.01. The molecule has 0 bridgehead atoms. The second-order valence-corrected chi connectivity index (χ2v) is 6.63. The second kappa shape index (κ2) is 14.3. The highest BCUT2D eigenvalue weighted by Crippen LogP contribution is 2.26. The molecule has 1 N–H and O–H groups in total. The van der Waals surface area contributed by atoms with Crippen molar-refractivity contribution in [1.29, 1.82) is 0 Å². The molecule has 0 saturated heterocycles. The van der Waals surface area contributed by atoms with Crippen LogP contribution < -0.4 is 5.11 Å². The Morgan fingerprint density at radius 3 is 1.75 bits per heavy atom. The molecule has 1 atom stereocenters. The number of aliphatic hydroxyl groups excluding tert-OH is 1. The predicted molar refractivity (Wildman–Crippen MR) is 92.3 cm³/mol. The number of carbonyl (C=O) groups is 2. The first-order valence-corrected chi connectivity index (χ1v) is 9.50. The van der Waals surface area contributed by atoms with Crippen molar-refractivity contribution in [2.45, 2.75) is 103 Å². The van der Waals surface area contributed by atoms with E-state index in [4.69, 9.17) is 9.84 Å². The zero-order chi connectivity index (χ0) is 18.3. The van der Waals surface area contributed by atoms with Crippen LogP contribution in [0.3, 0.4) is 0 Å². The Hall–Kier alpha value is -1.10. The normalized spacial score (nSPS) is 13.5. The van der Waals surface area contributed by atoms with Crippen LogP contribution in [0, 0.1) is 0 Å². The van der Waals surface area contributed by atoms with E-state index >= 15 is 0 Å². The molecule has 0 saturated carbocycles. The molecule has 0 heterocycles. The van der Waals surface area contributed by atoms with Crippen LogP contribution in [0.1, 0.15) is 97.3 Å². The molecule has 0 radical (unpaired) electrons. The van der Waals surface area contributed by atoms with Gasteiger partial charge in [0, 0.05) is 13.5 Å². The quantitative estimate of drug-likeness (QED) is 0.344. The molecule has 0 amide bonds. The molecule has 5 heteroatoms. The molecule has 24 heavy (non-hydrogen) atoms. The minimum atomic E-state index is -1.59. The van der Waals surface area contributed by atoms with Gasteiger partial charge in [-0.05, 0) is 25.7 Å². The topological polar surface area (TPSA) is 86.7 Å². The standard InChI is InChI=1S/C19H36O5/c1-3-4-5-6-7-8-9-10-11-12-14-19(18(22)23,15-13-16-20)24-17(2)21/h20H,3-16H2,1-2H3,(H,22,23)/p-1. The van der Waals surface area contributed by atoms with Crippen molar-refractivity contribution in [1.82, 2.24) is 0 Å². The van der Waals surface area contributed by atoms with Crippen molar-refractivity contribution in [3.05, 3.63) is 0 Å². The summed E-state index contributed by atoms with van der Waals surface area (Å²) < 4.78 is 5.07. The van der Waals surface area contributed by atoms with Gasteiger partial charge in [0.2, 0.25) is 0 Å². The molecular formula is C19H35O5-. The molecule has 0 rings (SSSR count). The minimum Gasteiger partial charge on any atom is -0.546 e. The molecule has 0 fully saturated rings. The van der Waals surface area contributed by atoms with E-state index in [1.807, 2.05) is 0 Å². The average Bonchev–Trinajstić information content (AvgIpc) is 2.53. The third-order valence-electron chi connectivity index (χ3n) is 4.38. The number of aliphatic carboxylic acids is 1. The Balaban J connectivity index is 4.05. The van der Waals surface area contributed by atoms with Gasteiger partial charge in [0.15, 0.2) is 5.60 Å². The lowest BCUT2D eigenvalue weighted by molar-refractivity contribution is -0.326. The molecule has 0 aromatic heterocycles. The van der Waals surface area contributed by atoms with Crippen molar-refractivity contribution in [2.75, 3.05) is 6.61 Å². The van der Waals surface area contributed by atoms with Gasteiger partial charge in [0.1, 0.15) is 0 Å². The maximum absolute atomic E-state index is 11.5. The van der Waals surface area contributed by atoms with E-state index in [9.17, 15) is 14.7 Å². The van der Waals surface area contributed by atoms with Gasteiger partial charge >= 0.3 is 5.97 Å². The molecule has 0 aromatic rings. The summed E-state index contributed by atoms with van der Waals surface area (Å²) in [5.41, 5.74) is -1.59. The van der Waals surface area contributed by atoms with Crippen LogP contribution in [0.5, 0.6) is 0 Å². The Morgan fingerprint density at radius 2 is 1.33 bits per heavy atom. The van der Waals surface area contributed by atoms with Gasteiger partial charge in [0.25, 0.3) is 0 Å². The van der Waals surface area contributed by atoms with Crippen LogP contribution >= 0.6 is 0 Å². The molecule has 0 aliphatic carbocycles. The number of hydrogen-bond acceptors (Lipinski definition) is 5. The predicted octanol–water partition coefficient (Wildman–Crippen LogP) is 3.12. The fraction of sp³-hybridized carbons (Fsp3) is 0.895. The Bertz CT molecular complexity index is 343. The van der Waals surface area contributed by atoms with Crippen LogP contribution in [0.15, 0.2) is 0 Å². The lowest BCUT2D eigenvalue weighted by atomic mass is 9.90. The van der Waals surface area contributed by atoms with E-state index in [1.165, 1.54) is 45.4 Å². The van der Waals surface area contributed by atoms with Crippen LogP contribution in [-0.2, 0) is 14.3 Å². The van der Waals surface area contributed by atoms with Crippen molar-refractivity contribution in [2.24, 2.45) is 0 Å². The summed E-state index contributed by atoms with van der Waals surface area (Å²) in [7, 11) is 0. The number of aliphatic hydroxyl groups is 1. The van der Waals surface area contributed by atoms with Gasteiger partial charge in [0.05, 0.1) is 5.97 Å². The third kappa shape index (κ3) is 10.6. The van der Waals surface area contributed by atoms with Gasteiger partial charge in [-0.2, -0.15) is 0 Å². The highest BCUT2D eigenvalue weighted by Gasteiger charge is 2.34. The van der Waals surface area contributed by atoms with E-state index in [-0.39, 0.29) is 25.9 Å². The SMILES string of the molecule is CCCCCCCCCCCCC(CCCO)(OC(C)=O)C(=O)[O-]. The van der Waals surface area contributed by atoms with Gasteiger partial charge in [-0.15, -0.1) is 0 Å². The van der Waals surface area contributed by atoms with Crippen molar-refractivity contribution in [3.8, 4) is 0 Å². The van der Waals surface area contributed by atoms with E-state index < -0.39 is 17.5 Å². The van der Waals surface area contributed by atoms with Crippen LogP contribution in [0.25, 0.3) is 0 Å². The number of carboxylic acids is 1. The van der Waals surface area contributed by atoms with E-state index in [0.29, 0.717) is 6.42 Å². The van der Waals surface area contributed by atoms with Gasteiger partial charge < -0.3 is 19.7 Å². The third-order valence-corrected chi connectivity index (χ3v) is 4.38. The largest absolute Gasteiger partial charge is 0.546 e. The maximum atomic E-state index is 11.5. The summed E-state index contributed by atoms with van der Waals surface area (Å²) >= 11 is 0. The number of hydrogen-bond donors (Lipinski definition) is 1. The Morgan fingerprint density at radius 1 is 0.875 bits per heavy atom. The van der Waals surface area contributed by atoms with Crippen molar-refractivity contribution in [3.63, 3.8) is 0 Å². The summed E-state index contributed by atoms with van der Waals surface area (Å²) in [6, 6.07) is 0. The zero-order valence-electron chi connectivity index (χ0n) is 15.5. The van der Waals surface area contributed by atoms with Crippen molar-refractivity contribution >= 4 is 11.9 Å². The van der Waals surface area contributed by atoms with Gasteiger partial charge in [-0.1, -0.05) is 64.7 Å². The number of esters is 1. The molecule has 142 valence electrons. The monoisotopic (exact) mass is 343 g/mol. The molecule has 0 aliphatic rings. The lowest BCUT2D eigenvalue weighted by Gasteiger charge is -2.34. The first-order chi connectivity index (χ1) is 11.5. The van der Waals surface area contributed by atoms with Crippen LogP contribution in [-0.4, -0.2) is 29.3 Å². The summed E-state index contributed by atoms with van der Waals surface area (Å²) in [4.78, 5) is 22.7. The number of unbranched alkanes of at least 4 members (excludes halogenated alkanes) is 9. The van der Waals surface area contributed by atoms with E-state index in [1.54, 1.807) is 0 Å². The summed E-state index contributed by atoms with van der Waals surface area (Å²) in [6.07, 6.45) is 12.2. The van der Waals surface area contributed by atoms with Crippen LogP contribution in [0.4, 0.5) is 0 Å². The fourth-order valence-corrected chi connectivity index (χ4v) is 3.01. The molecule has 1 unspecified atom stereocenters. The number of carbonyl (C=O) groups excluding carboxylic acids is 2. The Labute approximate surface area is 146 Å². The molecule has 0 aliphatic heterocycles. The zero-order valence-corrected chi connectivity index (χ0v) is 15.5.